The number of hydrogen-bond donors (Lipinski definition) is 2. The molecule has 0 unspecified atom stereocenters. The second-order valence-corrected chi connectivity index (χ2v) is 7.78. The van der Waals surface area contributed by atoms with Crippen LogP contribution in [0.2, 0.25) is 0 Å². The van der Waals surface area contributed by atoms with Gasteiger partial charge in [0.2, 0.25) is 10.0 Å². The summed E-state index contributed by atoms with van der Waals surface area (Å²) in [5.74, 6) is -0.754. The summed E-state index contributed by atoms with van der Waals surface area (Å²) in [5, 5.41) is 0. The second kappa shape index (κ2) is 7.91. The number of benzene rings is 1. The lowest BCUT2D eigenvalue weighted by atomic mass is 10.2. The summed E-state index contributed by atoms with van der Waals surface area (Å²) in [7, 11) is -3.72. The van der Waals surface area contributed by atoms with Crippen molar-refractivity contribution in [3.63, 3.8) is 0 Å². The molecule has 1 aliphatic heterocycles. The fourth-order valence-corrected chi connectivity index (χ4v) is 4.06. The van der Waals surface area contributed by atoms with Crippen molar-refractivity contribution >= 4 is 21.8 Å². The van der Waals surface area contributed by atoms with Gasteiger partial charge in [-0.25, -0.2) is 8.42 Å². The van der Waals surface area contributed by atoms with E-state index in [0.29, 0.717) is 24.5 Å². The third-order valence-corrected chi connectivity index (χ3v) is 5.99. The number of aryl methyl sites for hydroxylation is 1. The number of nitrogens with one attached hydrogen (secondary N) is 2. The molecule has 0 aliphatic carbocycles. The van der Waals surface area contributed by atoms with Gasteiger partial charge in [0.05, 0.1) is 29.9 Å². The number of sulfonamides is 1. The Morgan fingerprint density at radius 1 is 1.07 bits per heavy atom. The highest BCUT2D eigenvalue weighted by molar-refractivity contribution is 7.89. The average Bonchev–Trinajstić information content (AvgIpc) is 3.12. The van der Waals surface area contributed by atoms with Gasteiger partial charge in [0.25, 0.3) is 11.8 Å². The van der Waals surface area contributed by atoms with Crippen LogP contribution in [0, 0.1) is 6.92 Å². The van der Waals surface area contributed by atoms with Gasteiger partial charge in [-0.05, 0) is 31.2 Å². The molecule has 1 aromatic heterocycles. The second-order valence-electron chi connectivity index (χ2n) is 5.84. The fourth-order valence-electron chi connectivity index (χ4n) is 2.61. The lowest BCUT2D eigenvalue weighted by molar-refractivity contribution is 0.0730. The Morgan fingerprint density at radius 3 is 2.44 bits per heavy atom. The number of rotatable bonds is 4. The van der Waals surface area contributed by atoms with E-state index in [-0.39, 0.29) is 23.5 Å². The van der Waals surface area contributed by atoms with Gasteiger partial charge in [0.15, 0.2) is 0 Å². The van der Waals surface area contributed by atoms with Crippen molar-refractivity contribution in [2.75, 3.05) is 26.3 Å². The van der Waals surface area contributed by atoms with Crippen LogP contribution in [0.1, 0.15) is 26.5 Å². The number of morpholine rings is 1. The molecule has 1 fully saturated rings. The SMILES string of the molecule is Cc1occc1C(=O)NNC(=O)c1cccc(S(=O)(=O)N2CCOCC2)c1. The molecule has 1 saturated heterocycles. The smallest absolute Gasteiger partial charge is 0.273 e. The molecular weight excluding hydrogens is 374 g/mol. The lowest BCUT2D eigenvalue weighted by Crippen LogP contribution is -2.42. The first-order chi connectivity index (χ1) is 12.9. The van der Waals surface area contributed by atoms with Gasteiger partial charge in [-0.1, -0.05) is 6.07 Å². The minimum atomic E-state index is -3.72. The predicted octanol–water partition coefficient (Wildman–Crippen LogP) is 0.684. The molecule has 2 N–H and O–H groups in total. The van der Waals surface area contributed by atoms with E-state index in [1.54, 1.807) is 6.92 Å². The summed E-state index contributed by atoms with van der Waals surface area (Å²) >= 11 is 0. The number of hydrazine groups is 1. The first kappa shape index (κ1) is 19.1. The van der Waals surface area contributed by atoms with E-state index in [0.717, 1.165) is 0 Å². The number of carbonyl (C=O) groups excluding carboxylic acids is 2. The number of nitrogens with zero attached hydrogens (tertiary/aromatic N) is 1. The van der Waals surface area contributed by atoms with E-state index in [2.05, 4.69) is 10.9 Å². The van der Waals surface area contributed by atoms with Crippen LogP contribution in [0.15, 0.2) is 45.9 Å². The summed E-state index contributed by atoms with van der Waals surface area (Å²) in [6, 6.07) is 7.12. The van der Waals surface area contributed by atoms with Crippen molar-refractivity contribution in [1.82, 2.24) is 15.2 Å². The molecule has 0 bridgehead atoms. The zero-order valence-electron chi connectivity index (χ0n) is 14.6. The highest BCUT2D eigenvalue weighted by atomic mass is 32.2. The molecule has 0 radical (unpaired) electrons. The van der Waals surface area contributed by atoms with Crippen LogP contribution >= 0.6 is 0 Å². The molecule has 1 aromatic carbocycles. The van der Waals surface area contributed by atoms with Gasteiger partial charge >= 0.3 is 0 Å². The summed E-state index contributed by atoms with van der Waals surface area (Å²) < 4.78 is 36.9. The van der Waals surface area contributed by atoms with Crippen molar-refractivity contribution in [2.45, 2.75) is 11.8 Å². The van der Waals surface area contributed by atoms with Crippen molar-refractivity contribution in [2.24, 2.45) is 0 Å². The summed E-state index contributed by atoms with van der Waals surface area (Å²) in [4.78, 5) is 24.3. The Hall–Kier alpha value is -2.69. The van der Waals surface area contributed by atoms with Gasteiger partial charge in [-0.15, -0.1) is 0 Å². The van der Waals surface area contributed by atoms with Gasteiger partial charge < -0.3 is 9.15 Å². The minimum Gasteiger partial charge on any atom is -0.469 e. The molecule has 2 amide bonds. The third kappa shape index (κ3) is 4.18. The van der Waals surface area contributed by atoms with Gasteiger partial charge in [0, 0.05) is 18.7 Å². The van der Waals surface area contributed by atoms with E-state index in [9.17, 15) is 18.0 Å². The van der Waals surface area contributed by atoms with Crippen molar-refractivity contribution in [3.05, 3.63) is 53.5 Å². The van der Waals surface area contributed by atoms with E-state index in [1.807, 2.05) is 0 Å². The number of ether oxygens (including phenoxy) is 1. The first-order valence-electron chi connectivity index (χ1n) is 8.22. The maximum absolute atomic E-state index is 12.7. The van der Waals surface area contributed by atoms with Crippen LogP contribution in [0.4, 0.5) is 0 Å². The number of amides is 2. The van der Waals surface area contributed by atoms with Crippen LogP contribution in [-0.4, -0.2) is 50.8 Å². The van der Waals surface area contributed by atoms with Crippen LogP contribution in [0.5, 0.6) is 0 Å². The van der Waals surface area contributed by atoms with Crippen LogP contribution in [0.25, 0.3) is 0 Å². The Bertz CT molecular complexity index is 947. The number of hydrogen-bond acceptors (Lipinski definition) is 6. The Balaban J connectivity index is 1.70. The largest absolute Gasteiger partial charge is 0.469 e. The van der Waals surface area contributed by atoms with E-state index < -0.39 is 21.8 Å². The number of carbonyl (C=O) groups is 2. The molecule has 0 spiro atoms. The van der Waals surface area contributed by atoms with Crippen molar-refractivity contribution in [3.8, 4) is 0 Å². The zero-order chi connectivity index (χ0) is 19.4. The summed E-state index contributed by atoms with van der Waals surface area (Å²) in [5.41, 5.74) is 4.93. The molecule has 1 aliphatic rings. The van der Waals surface area contributed by atoms with Gasteiger partial charge in [-0.2, -0.15) is 4.31 Å². The molecule has 3 rings (SSSR count). The highest BCUT2D eigenvalue weighted by Crippen LogP contribution is 2.18. The summed E-state index contributed by atoms with van der Waals surface area (Å²) in [6.45, 7) is 2.81. The Kier molecular flexibility index (Phi) is 5.59. The first-order valence-corrected chi connectivity index (χ1v) is 9.66. The maximum atomic E-state index is 12.7. The average molecular weight is 393 g/mol. The molecule has 10 heteroatoms. The Labute approximate surface area is 156 Å². The fraction of sp³-hybridized carbons (Fsp3) is 0.294. The molecule has 9 nitrogen and oxygen atoms in total. The summed E-state index contributed by atoms with van der Waals surface area (Å²) in [6.07, 6.45) is 1.37. The quantitative estimate of drug-likeness (QED) is 0.738. The third-order valence-electron chi connectivity index (χ3n) is 4.10. The Morgan fingerprint density at radius 2 is 1.78 bits per heavy atom. The predicted molar refractivity (Wildman–Crippen MR) is 94.4 cm³/mol. The van der Waals surface area contributed by atoms with Crippen molar-refractivity contribution in [1.29, 1.82) is 0 Å². The van der Waals surface area contributed by atoms with E-state index >= 15 is 0 Å². The van der Waals surface area contributed by atoms with Crippen molar-refractivity contribution < 1.29 is 27.2 Å². The van der Waals surface area contributed by atoms with Crippen LogP contribution in [-0.2, 0) is 14.8 Å². The van der Waals surface area contributed by atoms with Gasteiger partial charge in [0.1, 0.15) is 5.76 Å². The highest BCUT2D eigenvalue weighted by Gasteiger charge is 2.27. The van der Waals surface area contributed by atoms with E-state index in [1.165, 1.54) is 40.9 Å². The lowest BCUT2D eigenvalue weighted by Gasteiger charge is -2.26. The molecule has 27 heavy (non-hydrogen) atoms. The number of furan rings is 1. The standard InChI is InChI=1S/C17H19N3O6S/c1-12-15(5-8-26-12)17(22)19-18-16(21)13-3-2-4-14(11-13)27(23,24)20-6-9-25-10-7-20/h2-5,8,11H,6-7,9-10H2,1H3,(H,18,21)(H,19,22). The van der Waals surface area contributed by atoms with Crippen LogP contribution < -0.4 is 10.9 Å². The van der Waals surface area contributed by atoms with Gasteiger partial charge in [-0.3, -0.25) is 20.4 Å². The van der Waals surface area contributed by atoms with E-state index in [4.69, 9.17) is 9.15 Å². The molecule has 2 heterocycles. The molecule has 0 atom stereocenters. The topological polar surface area (TPSA) is 118 Å². The molecular formula is C17H19N3O6S. The monoisotopic (exact) mass is 393 g/mol. The minimum absolute atomic E-state index is 0.00838. The molecule has 2 aromatic rings. The molecule has 0 saturated carbocycles. The zero-order valence-corrected chi connectivity index (χ0v) is 15.4. The maximum Gasteiger partial charge on any atom is 0.273 e. The normalized spacial score (nSPS) is 15.3. The van der Waals surface area contributed by atoms with Crippen LogP contribution in [0.3, 0.4) is 0 Å². The molecule has 144 valence electrons.